The first-order valence-corrected chi connectivity index (χ1v) is 9.54. The van der Waals surface area contributed by atoms with Gasteiger partial charge in [0.1, 0.15) is 0 Å². The molecule has 0 aliphatic rings. The average Bonchev–Trinajstić information content (AvgIpc) is 2.73. The van der Waals surface area contributed by atoms with Crippen LogP contribution in [0.3, 0.4) is 0 Å². The van der Waals surface area contributed by atoms with Crippen LogP contribution in [0.1, 0.15) is 22.3 Å². The molecule has 0 aliphatic carbocycles. The largest absolute Gasteiger partial charge is 0.399 e. The fourth-order valence-electron chi connectivity index (χ4n) is 3.59. The molecule has 4 N–H and O–H groups in total. The second kappa shape index (κ2) is 8.01. The number of hydrogen-bond donors (Lipinski definition) is 2. The van der Waals surface area contributed by atoms with Crippen molar-refractivity contribution in [3.8, 4) is 11.1 Å². The van der Waals surface area contributed by atoms with Crippen LogP contribution in [0.15, 0.2) is 97.1 Å². The molecule has 28 heavy (non-hydrogen) atoms. The molecular weight excluding hydrogens is 340 g/mol. The van der Waals surface area contributed by atoms with E-state index in [1.165, 1.54) is 33.4 Å². The highest BCUT2D eigenvalue weighted by atomic mass is 14.5. The number of nitrogens with two attached hydrogens (primary N) is 2. The monoisotopic (exact) mass is 364 g/mol. The van der Waals surface area contributed by atoms with E-state index in [0.717, 1.165) is 24.2 Å². The van der Waals surface area contributed by atoms with Crippen molar-refractivity contribution in [2.45, 2.75) is 12.8 Å². The van der Waals surface area contributed by atoms with Crippen molar-refractivity contribution in [3.05, 3.63) is 119 Å². The van der Waals surface area contributed by atoms with Crippen molar-refractivity contribution in [3.63, 3.8) is 0 Å². The Morgan fingerprint density at radius 3 is 1.68 bits per heavy atom. The Balaban J connectivity index is 1.78. The van der Waals surface area contributed by atoms with Gasteiger partial charge in [0.15, 0.2) is 0 Å². The normalized spacial score (nSPS) is 10.7. The third-order valence-corrected chi connectivity index (χ3v) is 5.09. The van der Waals surface area contributed by atoms with Gasteiger partial charge in [-0.2, -0.15) is 0 Å². The number of nitrogen functional groups attached to an aromatic ring is 2. The molecule has 0 saturated carbocycles. The summed E-state index contributed by atoms with van der Waals surface area (Å²) in [6.45, 7) is 0. The van der Waals surface area contributed by atoms with Gasteiger partial charge in [-0.15, -0.1) is 0 Å². The summed E-state index contributed by atoms with van der Waals surface area (Å²) in [5.41, 5.74) is 21.1. The smallest absolute Gasteiger partial charge is 0.0314 e. The van der Waals surface area contributed by atoms with E-state index in [1.807, 2.05) is 24.3 Å². The maximum absolute atomic E-state index is 5.88. The lowest BCUT2D eigenvalue weighted by atomic mass is 9.88. The van der Waals surface area contributed by atoms with Crippen molar-refractivity contribution < 1.29 is 0 Å². The molecule has 0 spiro atoms. The van der Waals surface area contributed by atoms with E-state index in [0.29, 0.717) is 0 Å². The van der Waals surface area contributed by atoms with Crippen molar-refractivity contribution in [2.75, 3.05) is 11.5 Å². The molecule has 4 rings (SSSR count). The first-order chi connectivity index (χ1) is 13.7. The van der Waals surface area contributed by atoms with Gasteiger partial charge in [-0.3, -0.25) is 0 Å². The number of hydrogen-bond acceptors (Lipinski definition) is 2. The molecule has 4 aromatic rings. The SMILES string of the molecule is Nc1ccc(Cc2cccc(-c3ccccc3)c2Cc2ccc(N)cc2)cc1. The summed E-state index contributed by atoms with van der Waals surface area (Å²) in [5, 5.41) is 0. The minimum absolute atomic E-state index is 0.794. The van der Waals surface area contributed by atoms with Gasteiger partial charge in [0, 0.05) is 11.4 Å². The highest BCUT2D eigenvalue weighted by molar-refractivity contribution is 5.70. The summed E-state index contributed by atoms with van der Waals surface area (Å²) in [6.07, 6.45) is 1.75. The van der Waals surface area contributed by atoms with E-state index in [-0.39, 0.29) is 0 Å². The van der Waals surface area contributed by atoms with Gasteiger partial charge in [0.05, 0.1) is 0 Å². The first-order valence-electron chi connectivity index (χ1n) is 9.54. The molecule has 4 aromatic carbocycles. The van der Waals surface area contributed by atoms with E-state index in [4.69, 9.17) is 11.5 Å². The zero-order valence-corrected chi connectivity index (χ0v) is 15.8. The third kappa shape index (κ3) is 4.07. The number of rotatable bonds is 5. The molecule has 0 radical (unpaired) electrons. The van der Waals surface area contributed by atoms with Crippen molar-refractivity contribution in [2.24, 2.45) is 0 Å². The maximum atomic E-state index is 5.88. The predicted octanol–water partition coefficient (Wildman–Crippen LogP) is 5.70. The fourth-order valence-corrected chi connectivity index (χ4v) is 3.59. The molecule has 0 aliphatic heterocycles. The van der Waals surface area contributed by atoms with Crippen LogP contribution >= 0.6 is 0 Å². The average molecular weight is 364 g/mol. The molecule has 2 nitrogen and oxygen atoms in total. The van der Waals surface area contributed by atoms with Gasteiger partial charge in [0.25, 0.3) is 0 Å². The standard InChI is InChI=1S/C26H24N2/c27-23-13-9-19(10-14-23)17-22-7-4-8-25(21-5-2-1-3-6-21)26(22)18-20-11-15-24(28)16-12-20/h1-16H,17-18,27-28H2. The van der Waals surface area contributed by atoms with Crippen LogP contribution in [-0.4, -0.2) is 0 Å². The van der Waals surface area contributed by atoms with E-state index in [1.54, 1.807) is 0 Å². The Morgan fingerprint density at radius 1 is 0.500 bits per heavy atom. The lowest BCUT2D eigenvalue weighted by Crippen LogP contribution is -2.01. The predicted molar refractivity (Wildman–Crippen MR) is 119 cm³/mol. The first kappa shape index (κ1) is 17.9. The Bertz CT molecular complexity index is 1050. The zero-order valence-electron chi connectivity index (χ0n) is 15.8. The van der Waals surface area contributed by atoms with Crippen molar-refractivity contribution in [1.82, 2.24) is 0 Å². The second-order valence-corrected chi connectivity index (χ2v) is 7.15. The molecule has 0 atom stereocenters. The van der Waals surface area contributed by atoms with E-state index in [9.17, 15) is 0 Å². The molecular formula is C26H24N2. The lowest BCUT2D eigenvalue weighted by molar-refractivity contribution is 1.09. The molecule has 2 heteroatoms. The minimum Gasteiger partial charge on any atom is -0.399 e. The molecule has 0 bridgehead atoms. The topological polar surface area (TPSA) is 52.0 Å². The summed E-state index contributed by atoms with van der Waals surface area (Å²) < 4.78 is 0. The van der Waals surface area contributed by atoms with Crippen LogP contribution in [-0.2, 0) is 12.8 Å². The fraction of sp³-hybridized carbons (Fsp3) is 0.0769. The highest BCUT2D eigenvalue weighted by Gasteiger charge is 2.12. The zero-order chi connectivity index (χ0) is 19.3. The molecule has 0 fully saturated rings. The van der Waals surface area contributed by atoms with Crippen LogP contribution in [0.25, 0.3) is 11.1 Å². The Morgan fingerprint density at radius 2 is 1.07 bits per heavy atom. The van der Waals surface area contributed by atoms with Crippen LogP contribution < -0.4 is 11.5 Å². The van der Waals surface area contributed by atoms with E-state index >= 15 is 0 Å². The summed E-state index contributed by atoms with van der Waals surface area (Å²) in [5.74, 6) is 0. The van der Waals surface area contributed by atoms with Gasteiger partial charge in [-0.1, -0.05) is 72.8 Å². The number of benzene rings is 4. The van der Waals surface area contributed by atoms with Gasteiger partial charge < -0.3 is 11.5 Å². The second-order valence-electron chi connectivity index (χ2n) is 7.15. The van der Waals surface area contributed by atoms with Crippen LogP contribution in [0.5, 0.6) is 0 Å². The molecule has 0 amide bonds. The van der Waals surface area contributed by atoms with Crippen LogP contribution in [0.2, 0.25) is 0 Å². The Kier molecular flexibility index (Phi) is 5.11. The van der Waals surface area contributed by atoms with Gasteiger partial charge in [0.2, 0.25) is 0 Å². The van der Waals surface area contributed by atoms with Crippen LogP contribution in [0.4, 0.5) is 11.4 Å². The minimum atomic E-state index is 0.794. The third-order valence-electron chi connectivity index (χ3n) is 5.09. The highest BCUT2D eigenvalue weighted by Crippen LogP contribution is 2.30. The lowest BCUT2D eigenvalue weighted by Gasteiger charge is -2.16. The van der Waals surface area contributed by atoms with Crippen molar-refractivity contribution in [1.29, 1.82) is 0 Å². The Labute approximate surface area is 166 Å². The molecule has 0 aromatic heterocycles. The summed E-state index contributed by atoms with van der Waals surface area (Å²) >= 11 is 0. The van der Waals surface area contributed by atoms with E-state index in [2.05, 4.69) is 72.8 Å². The molecule has 0 saturated heterocycles. The van der Waals surface area contributed by atoms with Gasteiger partial charge in [-0.05, 0) is 70.5 Å². The van der Waals surface area contributed by atoms with Crippen molar-refractivity contribution >= 4 is 11.4 Å². The molecule has 0 heterocycles. The summed E-state index contributed by atoms with van der Waals surface area (Å²) in [4.78, 5) is 0. The summed E-state index contributed by atoms with van der Waals surface area (Å²) in [6, 6.07) is 33.5. The molecule has 138 valence electrons. The number of anilines is 2. The maximum Gasteiger partial charge on any atom is 0.0314 e. The quantitative estimate of drug-likeness (QED) is 0.446. The summed E-state index contributed by atoms with van der Waals surface area (Å²) in [7, 11) is 0. The van der Waals surface area contributed by atoms with Gasteiger partial charge >= 0.3 is 0 Å². The van der Waals surface area contributed by atoms with Gasteiger partial charge in [-0.25, -0.2) is 0 Å². The Hall–Kier alpha value is -3.52. The molecule has 0 unspecified atom stereocenters. The van der Waals surface area contributed by atoms with Crippen LogP contribution in [0, 0.1) is 0 Å². The van der Waals surface area contributed by atoms with E-state index < -0.39 is 0 Å².